The lowest BCUT2D eigenvalue weighted by atomic mass is 10.2. The number of benzene rings is 1. The van der Waals surface area contributed by atoms with Crippen LogP contribution in [-0.4, -0.2) is 11.1 Å². The van der Waals surface area contributed by atoms with Crippen LogP contribution in [0.2, 0.25) is 0 Å². The Hall–Kier alpha value is -3.38. The van der Waals surface area contributed by atoms with Gasteiger partial charge >= 0.3 is 5.97 Å². The Morgan fingerprint density at radius 1 is 1.08 bits per heavy atom. The maximum Gasteiger partial charge on any atom is 0.330 e. The highest BCUT2D eigenvalue weighted by molar-refractivity contribution is 5.84. The summed E-state index contributed by atoms with van der Waals surface area (Å²) in [5, 5.41) is 15.4. The van der Waals surface area contributed by atoms with Crippen LogP contribution in [0.5, 0.6) is 0 Å². The molecule has 0 saturated carbocycles. The largest absolute Gasteiger partial charge is 0.478 e. The van der Waals surface area contributed by atoms with Crippen LogP contribution < -0.4 is 0 Å². The van der Waals surface area contributed by atoms with E-state index >= 15 is 0 Å². The monoisotopic (exact) mass is 325 g/mol. The summed E-state index contributed by atoms with van der Waals surface area (Å²) in [6, 6.07) is 11.7. The van der Waals surface area contributed by atoms with E-state index in [1.807, 2.05) is 36.4 Å². The highest BCUT2D eigenvalue weighted by Crippen LogP contribution is 1.97. The second-order valence-corrected chi connectivity index (χ2v) is 3.50. The number of hydrogen-bond acceptors (Lipinski definition) is 2. The average molecular weight is 325 g/mol. The molecule has 1 aromatic carbocycles. The van der Waals surface area contributed by atoms with Gasteiger partial charge < -0.3 is 5.11 Å². The number of allylic oxidation sites excluding steroid dienone is 3. The molecule has 0 aromatic heterocycles. The molecule has 0 unspecified atom stereocenters. The lowest BCUT2D eigenvalue weighted by Crippen LogP contribution is -1.92. The number of hydrogen-bond donors (Lipinski definition) is 1. The van der Waals surface area contributed by atoms with Crippen molar-refractivity contribution in [3.8, 4) is 6.07 Å². The van der Waals surface area contributed by atoms with Crippen LogP contribution in [0.25, 0.3) is 6.08 Å². The predicted molar refractivity (Wildman–Crippen MR) is 106 cm³/mol. The molecule has 0 atom stereocenters. The Kier molecular flexibility index (Phi) is 33.4. The number of nitrogens with zero attached hydrogens (tertiary/aromatic N) is 1. The van der Waals surface area contributed by atoms with E-state index in [0.29, 0.717) is 0 Å². The Morgan fingerprint density at radius 3 is 1.54 bits per heavy atom. The fourth-order valence-electron chi connectivity index (χ4n) is 0.589. The Labute approximate surface area is 146 Å². The van der Waals surface area contributed by atoms with Crippen molar-refractivity contribution in [1.82, 2.24) is 0 Å². The van der Waals surface area contributed by atoms with Crippen molar-refractivity contribution in [2.45, 2.75) is 6.92 Å². The highest BCUT2D eigenvalue weighted by Gasteiger charge is 1.90. The standard InChI is InChI=1S/C8H8.C4H6O2.C4H6.C3H3N.C2H4/c1-2-8-6-4-3-5-7-8;1-3(2)4(5)6;1-3-4-2;1-2-3-4;1-2/h2-7H,1H2;1H2,2H3,(H,5,6);3-4H,1-2H2;2H,1H2;1-2H2. The summed E-state index contributed by atoms with van der Waals surface area (Å²) in [5.41, 5.74) is 1.35. The first-order valence-electron chi connectivity index (χ1n) is 6.71. The van der Waals surface area contributed by atoms with Crippen molar-refractivity contribution in [3.05, 3.63) is 106 Å². The number of carboxylic acids is 1. The van der Waals surface area contributed by atoms with Gasteiger partial charge in [0, 0.05) is 11.6 Å². The third-order valence-electron chi connectivity index (χ3n) is 1.66. The van der Waals surface area contributed by atoms with Gasteiger partial charge in [-0.15, -0.1) is 13.2 Å². The number of nitriles is 1. The Balaban J connectivity index is -0.000000112. The van der Waals surface area contributed by atoms with Crippen molar-refractivity contribution >= 4 is 12.0 Å². The topological polar surface area (TPSA) is 61.1 Å². The van der Waals surface area contributed by atoms with Gasteiger partial charge in [0.25, 0.3) is 0 Å². The third-order valence-corrected chi connectivity index (χ3v) is 1.66. The van der Waals surface area contributed by atoms with Gasteiger partial charge in [-0.05, 0) is 12.5 Å². The minimum atomic E-state index is -0.935. The summed E-state index contributed by atoms with van der Waals surface area (Å²) >= 11 is 0. The van der Waals surface area contributed by atoms with Gasteiger partial charge in [-0.2, -0.15) is 5.26 Å². The summed E-state index contributed by atoms with van der Waals surface area (Å²) in [5.74, 6) is -0.935. The smallest absolute Gasteiger partial charge is 0.330 e. The minimum Gasteiger partial charge on any atom is -0.478 e. The fraction of sp³-hybridized carbons (Fsp3) is 0.0476. The third kappa shape index (κ3) is 36.3. The zero-order valence-electron chi connectivity index (χ0n) is 14.4. The first kappa shape index (κ1) is 28.7. The lowest BCUT2D eigenvalue weighted by molar-refractivity contribution is -0.132. The maximum atomic E-state index is 9.60. The Bertz CT molecular complexity index is 505. The number of rotatable bonds is 3. The molecule has 1 N–H and O–H groups in total. The highest BCUT2D eigenvalue weighted by atomic mass is 16.4. The van der Waals surface area contributed by atoms with Crippen LogP contribution >= 0.6 is 0 Å². The molecule has 0 aliphatic rings. The molecule has 0 spiro atoms. The molecule has 3 heteroatoms. The second kappa shape index (κ2) is 27.9. The Morgan fingerprint density at radius 2 is 1.42 bits per heavy atom. The summed E-state index contributed by atoms with van der Waals surface area (Å²) in [6.45, 7) is 24.1. The number of carbonyl (C=O) groups is 1. The zero-order valence-corrected chi connectivity index (χ0v) is 14.4. The van der Waals surface area contributed by atoms with Gasteiger partial charge in [0.2, 0.25) is 0 Å². The van der Waals surface area contributed by atoms with Gasteiger partial charge in [-0.1, -0.05) is 81.5 Å². The fourth-order valence-corrected chi connectivity index (χ4v) is 0.589. The van der Waals surface area contributed by atoms with E-state index in [2.05, 4.69) is 46.1 Å². The average Bonchev–Trinajstić information content (AvgIpc) is 2.64. The molecule has 0 saturated heterocycles. The van der Waals surface area contributed by atoms with Crippen molar-refractivity contribution in [2.24, 2.45) is 0 Å². The zero-order chi connectivity index (χ0) is 19.8. The molecular formula is C21H27NO2. The predicted octanol–water partition coefficient (Wildman–Crippen LogP) is 5.83. The van der Waals surface area contributed by atoms with E-state index in [9.17, 15) is 4.79 Å². The molecule has 0 radical (unpaired) electrons. The molecule has 0 heterocycles. The van der Waals surface area contributed by atoms with Crippen molar-refractivity contribution in [3.63, 3.8) is 0 Å². The van der Waals surface area contributed by atoms with Gasteiger partial charge in [0.1, 0.15) is 0 Å². The molecule has 0 amide bonds. The molecule has 1 rings (SSSR count). The van der Waals surface area contributed by atoms with E-state index in [1.54, 1.807) is 18.2 Å². The van der Waals surface area contributed by atoms with Crippen LogP contribution in [0, 0.1) is 11.3 Å². The first-order valence-corrected chi connectivity index (χ1v) is 6.71. The van der Waals surface area contributed by atoms with Gasteiger partial charge in [-0.3, -0.25) is 0 Å². The summed E-state index contributed by atoms with van der Waals surface area (Å²) in [6.07, 6.45) is 6.29. The minimum absolute atomic E-state index is 0.176. The van der Waals surface area contributed by atoms with Crippen molar-refractivity contribution < 1.29 is 9.90 Å². The van der Waals surface area contributed by atoms with Crippen molar-refractivity contribution in [2.75, 3.05) is 0 Å². The summed E-state index contributed by atoms with van der Waals surface area (Å²) < 4.78 is 0. The molecular weight excluding hydrogens is 298 g/mol. The molecule has 24 heavy (non-hydrogen) atoms. The first-order chi connectivity index (χ1) is 11.4. The SMILES string of the molecule is C=C.C=C(C)C(=O)O.C=CC#N.C=CC=C.C=Cc1ccccc1. The van der Waals surface area contributed by atoms with E-state index in [1.165, 1.54) is 18.6 Å². The van der Waals surface area contributed by atoms with Crippen LogP contribution in [0.1, 0.15) is 12.5 Å². The summed E-state index contributed by atoms with van der Waals surface area (Å²) in [7, 11) is 0. The molecule has 128 valence electrons. The normalized spacial score (nSPS) is 6.33. The molecule has 3 nitrogen and oxygen atoms in total. The van der Waals surface area contributed by atoms with Gasteiger partial charge in [-0.25, -0.2) is 4.79 Å². The maximum absolute atomic E-state index is 9.60. The van der Waals surface area contributed by atoms with E-state index < -0.39 is 5.97 Å². The number of carboxylic acid groups (broad SMARTS) is 1. The molecule has 0 aliphatic carbocycles. The molecule has 0 bridgehead atoms. The van der Waals surface area contributed by atoms with Crippen molar-refractivity contribution in [1.29, 1.82) is 5.26 Å². The van der Waals surface area contributed by atoms with Crippen LogP contribution in [-0.2, 0) is 4.79 Å². The molecule has 1 aromatic rings. The number of aliphatic carboxylic acids is 1. The van der Waals surface area contributed by atoms with E-state index in [-0.39, 0.29) is 5.57 Å². The van der Waals surface area contributed by atoms with Gasteiger partial charge in [0.05, 0.1) is 6.07 Å². The van der Waals surface area contributed by atoms with Crippen LogP contribution in [0.4, 0.5) is 0 Å². The summed E-state index contributed by atoms with van der Waals surface area (Å²) in [4.78, 5) is 9.60. The van der Waals surface area contributed by atoms with E-state index in [4.69, 9.17) is 10.4 Å². The van der Waals surface area contributed by atoms with Gasteiger partial charge in [0.15, 0.2) is 0 Å². The van der Waals surface area contributed by atoms with Crippen LogP contribution in [0.3, 0.4) is 0 Å². The lowest BCUT2D eigenvalue weighted by Gasteiger charge is -1.85. The molecule has 0 fully saturated rings. The van der Waals surface area contributed by atoms with E-state index in [0.717, 1.165) is 0 Å². The second-order valence-electron chi connectivity index (χ2n) is 3.50. The quantitative estimate of drug-likeness (QED) is 0.329. The molecule has 0 aliphatic heterocycles. The van der Waals surface area contributed by atoms with Crippen LogP contribution in [0.15, 0.2) is 100 Å².